The third-order valence-corrected chi connectivity index (χ3v) is 11.3. The van der Waals surface area contributed by atoms with Gasteiger partial charge in [0.05, 0.1) is 16.7 Å². The van der Waals surface area contributed by atoms with Gasteiger partial charge < -0.3 is 9.47 Å². The third-order valence-electron chi connectivity index (χ3n) is 11.3. The normalized spacial score (nSPS) is 11.6. The maximum atomic E-state index is 2.42. The standard InChI is InChI=1S/C54H36N2/c1-3-15-37(16-4-1)45-22-11-13-25-51(45)55(43-32-34-53-50(36-43)47-24-12-14-26-52(47)56(53)41-19-5-2-6-20-41)42-30-27-39(28-31-42)49-35-40-18-8-9-21-44(40)48-33-29-38-17-7-10-23-46(38)54(48)49/h1-36H. The fourth-order valence-electron chi connectivity index (χ4n) is 8.81. The van der Waals surface area contributed by atoms with Gasteiger partial charge in [-0.3, -0.25) is 0 Å². The second-order valence-corrected chi connectivity index (χ2v) is 14.5. The molecule has 2 heteroatoms. The lowest BCUT2D eigenvalue weighted by molar-refractivity contribution is 1.18. The van der Waals surface area contributed by atoms with Gasteiger partial charge in [0.15, 0.2) is 0 Å². The third kappa shape index (κ3) is 5.19. The lowest BCUT2D eigenvalue weighted by Crippen LogP contribution is -2.11. The largest absolute Gasteiger partial charge is 0.310 e. The van der Waals surface area contributed by atoms with Crippen LogP contribution in [-0.4, -0.2) is 4.57 Å². The minimum Gasteiger partial charge on any atom is -0.310 e. The average molecular weight is 713 g/mol. The first-order valence-electron chi connectivity index (χ1n) is 19.3. The second kappa shape index (κ2) is 13.2. The predicted molar refractivity (Wildman–Crippen MR) is 239 cm³/mol. The van der Waals surface area contributed by atoms with Gasteiger partial charge in [-0.2, -0.15) is 0 Å². The van der Waals surface area contributed by atoms with E-state index >= 15 is 0 Å². The number of rotatable bonds is 6. The maximum Gasteiger partial charge on any atom is 0.0542 e. The molecule has 2 nitrogen and oxygen atoms in total. The molecule has 0 bridgehead atoms. The molecular weight excluding hydrogens is 677 g/mol. The van der Waals surface area contributed by atoms with Crippen LogP contribution in [0.15, 0.2) is 218 Å². The van der Waals surface area contributed by atoms with E-state index in [1.807, 2.05) is 0 Å². The van der Waals surface area contributed by atoms with E-state index in [1.165, 1.54) is 76.4 Å². The van der Waals surface area contributed by atoms with E-state index in [0.717, 1.165) is 22.7 Å². The zero-order valence-corrected chi connectivity index (χ0v) is 30.7. The fraction of sp³-hybridized carbons (Fsp3) is 0. The first-order chi connectivity index (χ1) is 27.8. The number of para-hydroxylation sites is 3. The van der Waals surface area contributed by atoms with Crippen LogP contribution in [0.5, 0.6) is 0 Å². The molecule has 1 aromatic heterocycles. The Labute approximate surface area is 325 Å². The molecule has 0 aliphatic heterocycles. The van der Waals surface area contributed by atoms with Crippen molar-refractivity contribution < 1.29 is 0 Å². The molecule has 0 atom stereocenters. The first kappa shape index (κ1) is 32.0. The summed E-state index contributed by atoms with van der Waals surface area (Å²) in [6, 6.07) is 79.5. The zero-order valence-electron chi connectivity index (χ0n) is 30.7. The Bertz CT molecular complexity index is 3230. The van der Waals surface area contributed by atoms with Crippen molar-refractivity contribution in [2.45, 2.75) is 0 Å². The van der Waals surface area contributed by atoms with E-state index in [-0.39, 0.29) is 0 Å². The molecule has 0 saturated heterocycles. The molecule has 11 rings (SSSR count). The predicted octanol–water partition coefficient (Wildman–Crippen LogP) is 15.0. The van der Waals surface area contributed by atoms with E-state index in [4.69, 9.17) is 0 Å². The summed E-state index contributed by atoms with van der Waals surface area (Å²) in [4.78, 5) is 2.42. The molecule has 56 heavy (non-hydrogen) atoms. The van der Waals surface area contributed by atoms with Crippen LogP contribution >= 0.6 is 0 Å². The van der Waals surface area contributed by atoms with E-state index in [1.54, 1.807) is 0 Å². The Kier molecular flexibility index (Phi) is 7.53. The van der Waals surface area contributed by atoms with Crippen LogP contribution in [0.25, 0.3) is 82.1 Å². The summed E-state index contributed by atoms with van der Waals surface area (Å²) in [5, 5.41) is 10.1. The van der Waals surface area contributed by atoms with Crippen molar-refractivity contribution in [3.05, 3.63) is 218 Å². The number of nitrogens with zero attached hydrogens (tertiary/aromatic N) is 2. The highest BCUT2D eigenvalue weighted by atomic mass is 15.1. The zero-order chi connectivity index (χ0) is 37.0. The summed E-state index contributed by atoms with van der Waals surface area (Å²) < 4.78 is 2.38. The minimum absolute atomic E-state index is 1.10. The summed E-state index contributed by atoms with van der Waals surface area (Å²) in [6.45, 7) is 0. The second-order valence-electron chi connectivity index (χ2n) is 14.5. The van der Waals surface area contributed by atoms with Gasteiger partial charge in [-0.1, -0.05) is 158 Å². The van der Waals surface area contributed by atoms with Crippen LogP contribution in [0.4, 0.5) is 17.1 Å². The number of benzene rings is 10. The van der Waals surface area contributed by atoms with Crippen LogP contribution in [0.3, 0.4) is 0 Å². The highest BCUT2D eigenvalue weighted by Gasteiger charge is 2.20. The van der Waals surface area contributed by atoms with Gasteiger partial charge in [-0.25, -0.2) is 0 Å². The molecule has 262 valence electrons. The monoisotopic (exact) mass is 712 g/mol. The fourth-order valence-corrected chi connectivity index (χ4v) is 8.81. The molecule has 0 fully saturated rings. The Morgan fingerprint density at radius 1 is 0.321 bits per heavy atom. The van der Waals surface area contributed by atoms with Gasteiger partial charge >= 0.3 is 0 Å². The number of fused-ring (bicyclic) bond motifs is 8. The van der Waals surface area contributed by atoms with Crippen LogP contribution < -0.4 is 4.90 Å². The van der Waals surface area contributed by atoms with Crippen LogP contribution in [0.1, 0.15) is 0 Å². The maximum absolute atomic E-state index is 2.42. The van der Waals surface area contributed by atoms with E-state index < -0.39 is 0 Å². The summed E-state index contributed by atoms with van der Waals surface area (Å²) in [5.74, 6) is 0. The number of hydrogen-bond acceptors (Lipinski definition) is 1. The smallest absolute Gasteiger partial charge is 0.0542 e. The van der Waals surface area contributed by atoms with Gasteiger partial charge in [0.1, 0.15) is 0 Å². The van der Waals surface area contributed by atoms with Crippen molar-refractivity contribution in [1.82, 2.24) is 4.57 Å². The summed E-state index contributed by atoms with van der Waals surface area (Å²) >= 11 is 0. The SMILES string of the molecule is c1ccc(-c2ccccc2N(c2ccc(-c3cc4ccccc4c4ccc5ccccc5c34)cc2)c2ccc3c(c2)c2ccccc2n3-c2ccccc2)cc1. The minimum atomic E-state index is 1.10. The number of aromatic nitrogens is 1. The molecule has 0 unspecified atom stereocenters. The summed E-state index contributed by atoms with van der Waals surface area (Å²) in [7, 11) is 0. The van der Waals surface area contributed by atoms with Gasteiger partial charge in [0.2, 0.25) is 0 Å². The molecule has 0 aliphatic carbocycles. The first-order valence-corrected chi connectivity index (χ1v) is 19.3. The Balaban J connectivity index is 1.13. The summed E-state index contributed by atoms with van der Waals surface area (Å²) in [5.41, 5.74) is 11.7. The van der Waals surface area contributed by atoms with Crippen molar-refractivity contribution >= 4 is 71.2 Å². The Hall–Kier alpha value is -7.42. The highest BCUT2D eigenvalue weighted by Crippen LogP contribution is 2.45. The van der Waals surface area contributed by atoms with Crippen molar-refractivity contribution in [2.24, 2.45) is 0 Å². The molecule has 0 radical (unpaired) electrons. The molecule has 1 heterocycles. The van der Waals surface area contributed by atoms with E-state index in [9.17, 15) is 0 Å². The quantitative estimate of drug-likeness (QED) is 0.156. The van der Waals surface area contributed by atoms with Crippen molar-refractivity contribution in [2.75, 3.05) is 4.90 Å². The number of hydrogen-bond donors (Lipinski definition) is 0. The molecule has 11 aromatic rings. The van der Waals surface area contributed by atoms with E-state index in [2.05, 4.69) is 228 Å². The topological polar surface area (TPSA) is 8.17 Å². The van der Waals surface area contributed by atoms with Crippen LogP contribution in [0.2, 0.25) is 0 Å². The highest BCUT2D eigenvalue weighted by molar-refractivity contribution is 6.23. The Morgan fingerprint density at radius 3 is 1.75 bits per heavy atom. The van der Waals surface area contributed by atoms with E-state index in [0.29, 0.717) is 0 Å². The lowest BCUT2D eigenvalue weighted by Gasteiger charge is -2.28. The molecule has 0 N–H and O–H groups in total. The van der Waals surface area contributed by atoms with Crippen molar-refractivity contribution in [3.63, 3.8) is 0 Å². The summed E-state index contributed by atoms with van der Waals surface area (Å²) in [6.07, 6.45) is 0. The van der Waals surface area contributed by atoms with Gasteiger partial charge in [0, 0.05) is 33.4 Å². The average Bonchev–Trinajstić information content (AvgIpc) is 3.61. The van der Waals surface area contributed by atoms with Crippen molar-refractivity contribution in [1.29, 1.82) is 0 Å². The lowest BCUT2D eigenvalue weighted by atomic mass is 9.90. The van der Waals surface area contributed by atoms with Gasteiger partial charge in [-0.15, -0.1) is 0 Å². The van der Waals surface area contributed by atoms with Crippen LogP contribution in [0, 0.1) is 0 Å². The molecular formula is C54H36N2. The Morgan fingerprint density at radius 2 is 0.929 bits per heavy atom. The van der Waals surface area contributed by atoms with Crippen LogP contribution in [-0.2, 0) is 0 Å². The van der Waals surface area contributed by atoms with Gasteiger partial charge in [-0.05, 0) is 110 Å². The molecule has 0 aliphatic rings. The van der Waals surface area contributed by atoms with Gasteiger partial charge in [0.25, 0.3) is 0 Å². The molecule has 0 spiro atoms. The number of anilines is 3. The molecule has 0 saturated carbocycles. The molecule has 0 amide bonds. The molecule has 10 aromatic carbocycles. The van der Waals surface area contributed by atoms with Crippen molar-refractivity contribution in [3.8, 4) is 27.9 Å².